The zero-order valence-electron chi connectivity index (χ0n) is 18.0. The number of anilines is 1. The highest BCUT2D eigenvalue weighted by Crippen LogP contribution is 2.33. The molecule has 1 heterocycles. The Morgan fingerprint density at radius 2 is 2.00 bits per heavy atom. The molecule has 1 aromatic heterocycles. The van der Waals surface area contributed by atoms with Crippen LogP contribution >= 0.6 is 0 Å². The van der Waals surface area contributed by atoms with E-state index in [0.717, 1.165) is 48.1 Å². The van der Waals surface area contributed by atoms with E-state index in [0.29, 0.717) is 18.1 Å². The lowest BCUT2D eigenvalue weighted by Gasteiger charge is -2.16. The number of primary amides is 1. The fraction of sp³-hybridized carbons (Fsp3) is 0.417. The molecule has 1 saturated carbocycles. The van der Waals surface area contributed by atoms with Crippen LogP contribution in [0.1, 0.15) is 78.7 Å². The van der Waals surface area contributed by atoms with Gasteiger partial charge in [-0.2, -0.15) is 5.10 Å². The Morgan fingerprint density at radius 1 is 1.30 bits per heavy atom. The summed E-state index contributed by atoms with van der Waals surface area (Å²) < 4.78 is 7.38. The first-order valence-electron chi connectivity index (χ1n) is 10.7. The zero-order chi connectivity index (χ0) is 21.7. The summed E-state index contributed by atoms with van der Waals surface area (Å²) in [5, 5.41) is 4.77. The van der Waals surface area contributed by atoms with Crippen LogP contribution in [0.15, 0.2) is 30.9 Å². The van der Waals surface area contributed by atoms with Gasteiger partial charge in [0.15, 0.2) is 0 Å². The number of nitrogens with zero attached hydrogens (tertiary/aromatic N) is 2. The molecule has 0 saturated heterocycles. The van der Waals surface area contributed by atoms with Gasteiger partial charge in [0.05, 0.1) is 12.6 Å². The first kappa shape index (κ1) is 21.7. The van der Waals surface area contributed by atoms with Gasteiger partial charge in [-0.1, -0.05) is 44.4 Å². The molecule has 1 aliphatic rings. The van der Waals surface area contributed by atoms with E-state index >= 15 is 0 Å². The topological polar surface area (TPSA) is 96.2 Å². The first-order chi connectivity index (χ1) is 14.5. The molecule has 1 fully saturated rings. The fourth-order valence-corrected chi connectivity index (χ4v) is 4.13. The average molecular weight is 409 g/mol. The van der Waals surface area contributed by atoms with Crippen molar-refractivity contribution in [3.05, 3.63) is 53.2 Å². The van der Waals surface area contributed by atoms with E-state index in [4.69, 9.17) is 21.3 Å². The number of aryl methyl sites for hydroxylation is 1. The number of nitrogen functional groups attached to an aromatic ring is 1. The summed E-state index contributed by atoms with van der Waals surface area (Å²) in [6.45, 7) is 8.53. The molecular weight excluding hydrogens is 376 g/mol. The molecule has 1 aromatic carbocycles. The lowest BCUT2D eigenvalue weighted by atomic mass is 10.0. The van der Waals surface area contributed by atoms with Crippen LogP contribution in [-0.4, -0.2) is 22.3 Å². The Bertz CT molecular complexity index is 950. The number of ether oxygens (including phenoxy) is 1. The molecule has 0 radical (unpaired) electrons. The van der Waals surface area contributed by atoms with Gasteiger partial charge in [-0.15, -0.1) is 0 Å². The normalized spacial score (nSPS) is 15.6. The summed E-state index contributed by atoms with van der Waals surface area (Å²) in [4.78, 5) is 12.3. The van der Waals surface area contributed by atoms with Crippen molar-refractivity contribution < 1.29 is 9.53 Å². The summed E-state index contributed by atoms with van der Waals surface area (Å²) in [6.07, 6.45) is 10.4. The van der Waals surface area contributed by atoms with Gasteiger partial charge in [0, 0.05) is 5.57 Å². The second kappa shape index (κ2) is 9.65. The van der Waals surface area contributed by atoms with Gasteiger partial charge in [-0.3, -0.25) is 4.79 Å². The Hall–Kier alpha value is -3.02. The highest BCUT2D eigenvalue weighted by Gasteiger charge is 2.26. The molecule has 2 aromatic rings. The third-order valence-electron chi connectivity index (χ3n) is 5.72. The lowest BCUT2D eigenvalue weighted by molar-refractivity contribution is 0.100. The Morgan fingerprint density at radius 3 is 2.57 bits per heavy atom. The molecule has 0 bridgehead atoms. The third kappa shape index (κ3) is 4.58. The largest absolute Gasteiger partial charge is 0.494 e. The minimum atomic E-state index is -0.571. The quantitative estimate of drug-likeness (QED) is 0.503. The Labute approximate surface area is 178 Å². The molecule has 30 heavy (non-hydrogen) atoms. The van der Waals surface area contributed by atoms with Gasteiger partial charge < -0.3 is 16.2 Å². The van der Waals surface area contributed by atoms with Crippen molar-refractivity contribution >= 4 is 23.4 Å². The number of rotatable bonds is 7. The number of hydrogen-bond acceptors (Lipinski definition) is 4. The van der Waals surface area contributed by atoms with Crippen molar-refractivity contribution in [2.24, 2.45) is 5.73 Å². The summed E-state index contributed by atoms with van der Waals surface area (Å²) >= 11 is 0. The summed E-state index contributed by atoms with van der Waals surface area (Å²) in [6, 6.07) is 6.09. The van der Waals surface area contributed by atoms with Gasteiger partial charge in [0.2, 0.25) is 0 Å². The monoisotopic (exact) mass is 408 g/mol. The van der Waals surface area contributed by atoms with E-state index in [1.165, 1.54) is 12.8 Å². The second-order valence-corrected chi connectivity index (χ2v) is 7.82. The molecular formula is C24H32N4O2. The van der Waals surface area contributed by atoms with E-state index in [9.17, 15) is 4.79 Å². The predicted molar refractivity (Wildman–Crippen MR) is 122 cm³/mol. The number of aromatic nitrogens is 2. The van der Waals surface area contributed by atoms with Gasteiger partial charge in [0.25, 0.3) is 5.91 Å². The van der Waals surface area contributed by atoms with Crippen LogP contribution in [0.3, 0.4) is 0 Å². The molecule has 6 nitrogen and oxygen atoms in total. The summed E-state index contributed by atoms with van der Waals surface area (Å²) in [7, 11) is 0. The number of allylic oxidation sites excluding steroid dienone is 2. The highest BCUT2D eigenvalue weighted by atomic mass is 16.5. The van der Waals surface area contributed by atoms with E-state index < -0.39 is 5.91 Å². The van der Waals surface area contributed by atoms with Crippen LogP contribution < -0.4 is 16.2 Å². The molecule has 3 rings (SSSR count). The van der Waals surface area contributed by atoms with Crippen molar-refractivity contribution in [1.82, 2.24) is 9.78 Å². The third-order valence-corrected chi connectivity index (χ3v) is 5.72. The van der Waals surface area contributed by atoms with Crippen molar-refractivity contribution in [3.63, 3.8) is 0 Å². The smallest absolute Gasteiger partial charge is 0.254 e. The van der Waals surface area contributed by atoms with E-state index in [1.807, 2.05) is 42.8 Å². The zero-order valence-corrected chi connectivity index (χ0v) is 18.0. The second-order valence-electron chi connectivity index (χ2n) is 7.82. The van der Waals surface area contributed by atoms with Gasteiger partial charge in [0.1, 0.15) is 22.8 Å². The number of carbonyl (C=O) groups excluding carboxylic acids is 1. The van der Waals surface area contributed by atoms with Crippen LogP contribution in [-0.2, 0) is 0 Å². The number of hydrogen-bond donors (Lipinski definition) is 2. The van der Waals surface area contributed by atoms with Crippen molar-refractivity contribution in [2.45, 2.75) is 58.4 Å². The van der Waals surface area contributed by atoms with Crippen molar-refractivity contribution in [2.75, 3.05) is 12.3 Å². The van der Waals surface area contributed by atoms with Crippen molar-refractivity contribution in [1.29, 1.82) is 0 Å². The number of carbonyl (C=O) groups is 1. The van der Waals surface area contributed by atoms with Crippen LogP contribution in [0.2, 0.25) is 0 Å². The van der Waals surface area contributed by atoms with Gasteiger partial charge in [-0.25, -0.2) is 4.68 Å². The number of amides is 1. The molecule has 0 unspecified atom stereocenters. The van der Waals surface area contributed by atoms with Crippen LogP contribution in [0.4, 0.5) is 5.82 Å². The molecule has 0 aliphatic heterocycles. The van der Waals surface area contributed by atoms with Crippen LogP contribution in [0.5, 0.6) is 5.75 Å². The highest BCUT2D eigenvalue weighted by molar-refractivity contribution is 6.04. The Balaban J connectivity index is 2.05. The molecule has 1 aliphatic carbocycles. The summed E-state index contributed by atoms with van der Waals surface area (Å²) in [5.41, 5.74) is 15.6. The van der Waals surface area contributed by atoms with Crippen LogP contribution in [0, 0.1) is 6.92 Å². The molecule has 0 spiro atoms. The first-order valence-corrected chi connectivity index (χ1v) is 10.7. The average Bonchev–Trinajstić information content (AvgIpc) is 2.88. The molecule has 4 N–H and O–H groups in total. The maximum atomic E-state index is 12.3. The number of benzene rings is 1. The predicted octanol–water partition coefficient (Wildman–Crippen LogP) is 4.89. The maximum Gasteiger partial charge on any atom is 0.254 e. The standard InChI is InChI=1S/C24H32N4O2/c1-4-17(15-18-12-13-20(30-5-2)14-16(18)3)22-21(24(26)29)23(25)28(27-22)19-10-8-6-7-9-11-19/h4,12-15,19H,1,5-11,25H2,2-3H3,(H2,26,29). The van der Waals surface area contributed by atoms with Gasteiger partial charge in [-0.05, 0) is 56.0 Å². The Kier molecular flexibility index (Phi) is 6.98. The van der Waals surface area contributed by atoms with E-state index in [2.05, 4.69) is 6.58 Å². The molecule has 6 heteroatoms. The van der Waals surface area contributed by atoms with Crippen LogP contribution in [0.25, 0.3) is 11.6 Å². The SMILES string of the molecule is C=CC(=Cc1ccc(OCC)cc1C)c1nn(C2CCCCCC2)c(N)c1C(N)=O. The van der Waals surface area contributed by atoms with Gasteiger partial charge >= 0.3 is 0 Å². The molecule has 160 valence electrons. The fourth-order valence-electron chi connectivity index (χ4n) is 4.13. The van der Waals surface area contributed by atoms with Crippen molar-refractivity contribution in [3.8, 4) is 5.75 Å². The molecule has 0 atom stereocenters. The number of nitrogens with two attached hydrogens (primary N) is 2. The minimum absolute atomic E-state index is 0.192. The summed E-state index contributed by atoms with van der Waals surface area (Å²) in [5.74, 6) is 0.603. The van der Waals surface area contributed by atoms with E-state index in [-0.39, 0.29) is 11.6 Å². The maximum absolute atomic E-state index is 12.3. The molecule has 1 amide bonds. The van der Waals surface area contributed by atoms with E-state index in [1.54, 1.807) is 6.08 Å². The minimum Gasteiger partial charge on any atom is -0.494 e. The lowest BCUT2D eigenvalue weighted by Crippen LogP contribution is -2.16.